The average molecular weight is 731 g/mol. The topological polar surface area (TPSA) is 203 Å². The lowest BCUT2D eigenvalue weighted by Crippen LogP contribution is -2.50. The molecule has 0 spiro atoms. The van der Waals surface area contributed by atoms with Crippen molar-refractivity contribution in [3.8, 4) is 6.01 Å². The van der Waals surface area contributed by atoms with Gasteiger partial charge in [-0.05, 0) is 54.8 Å². The van der Waals surface area contributed by atoms with Crippen LogP contribution in [-0.4, -0.2) is 80.9 Å². The van der Waals surface area contributed by atoms with Gasteiger partial charge in [-0.2, -0.15) is 33.2 Å². The maximum atomic E-state index is 13.0. The Labute approximate surface area is 292 Å². The molecule has 51 heavy (non-hydrogen) atoms. The van der Waals surface area contributed by atoms with Gasteiger partial charge in [-0.15, -0.1) is 0 Å². The number of esters is 1. The van der Waals surface area contributed by atoms with Gasteiger partial charge in [0, 0.05) is 42.1 Å². The van der Waals surface area contributed by atoms with E-state index >= 15 is 0 Å². The third kappa shape index (κ3) is 10.0. The van der Waals surface area contributed by atoms with Crippen molar-refractivity contribution >= 4 is 58.7 Å². The molecule has 0 bridgehead atoms. The van der Waals surface area contributed by atoms with Crippen LogP contribution >= 0.6 is 11.6 Å². The average Bonchev–Trinajstić information content (AvgIpc) is 3.76. The second-order valence-electron chi connectivity index (χ2n) is 11.2. The Morgan fingerprint density at radius 2 is 1.65 bits per heavy atom. The SMILES string of the molecule is COC(=O)[C@H](CNC(=O)C(=O)Nc1ccn(C)n1)NC(=O)c1ccc(Nc2nc(NC3(c4ccc(Cl)cc4)CC3)nc(OCC(F)(F)F)n2)cc1. The minimum absolute atomic E-state index is 0.0386. The van der Waals surface area contributed by atoms with Crippen molar-refractivity contribution in [1.82, 2.24) is 35.4 Å². The van der Waals surface area contributed by atoms with E-state index in [1.165, 1.54) is 35.0 Å². The Morgan fingerprint density at radius 3 is 2.25 bits per heavy atom. The van der Waals surface area contributed by atoms with Crippen LogP contribution in [0.5, 0.6) is 6.01 Å². The lowest BCUT2D eigenvalue weighted by atomic mass is 10.1. The summed E-state index contributed by atoms with van der Waals surface area (Å²) < 4.78 is 49.7. The first-order valence-electron chi connectivity index (χ1n) is 15.1. The molecule has 1 aliphatic carbocycles. The van der Waals surface area contributed by atoms with Crippen LogP contribution in [0.15, 0.2) is 60.8 Å². The molecule has 3 amide bonds. The highest BCUT2D eigenvalue weighted by Gasteiger charge is 2.45. The number of aryl methyl sites for hydroxylation is 1. The van der Waals surface area contributed by atoms with Crippen molar-refractivity contribution in [1.29, 1.82) is 0 Å². The molecule has 0 radical (unpaired) electrons. The Balaban J connectivity index is 1.24. The Bertz CT molecular complexity index is 1900. The van der Waals surface area contributed by atoms with Crippen LogP contribution in [0.1, 0.15) is 28.8 Å². The number of nitrogens with one attached hydrogen (secondary N) is 5. The number of halogens is 4. The zero-order chi connectivity index (χ0) is 36.8. The van der Waals surface area contributed by atoms with Gasteiger partial charge in [0.2, 0.25) is 11.9 Å². The monoisotopic (exact) mass is 730 g/mol. The first-order valence-corrected chi connectivity index (χ1v) is 15.4. The summed E-state index contributed by atoms with van der Waals surface area (Å²) in [5.41, 5.74) is 0.743. The van der Waals surface area contributed by atoms with E-state index < -0.39 is 60.6 Å². The number of aromatic nitrogens is 5. The summed E-state index contributed by atoms with van der Waals surface area (Å²) in [6.07, 6.45) is -1.68. The van der Waals surface area contributed by atoms with Crippen molar-refractivity contribution < 1.29 is 41.8 Å². The van der Waals surface area contributed by atoms with Gasteiger partial charge >= 0.3 is 30.0 Å². The molecular formula is C31H30ClF3N10O6. The molecule has 2 aromatic heterocycles. The van der Waals surface area contributed by atoms with E-state index in [0.717, 1.165) is 12.7 Å². The molecule has 1 atom stereocenters. The smallest absolute Gasteiger partial charge is 0.422 e. The van der Waals surface area contributed by atoms with Gasteiger partial charge in [0.25, 0.3) is 5.91 Å². The number of benzene rings is 2. The number of alkyl halides is 3. The fourth-order valence-corrected chi connectivity index (χ4v) is 4.74. The highest BCUT2D eigenvalue weighted by atomic mass is 35.5. The second kappa shape index (κ2) is 15.3. The van der Waals surface area contributed by atoms with E-state index in [2.05, 4.69) is 46.6 Å². The quantitative estimate of drug-likeness (QED) is 0.0995. The summed E-state index contributed by atoms with van der Waals surface area (Å²) in [6, 6.07) is 12.3. The second-order valence-corrected chi connectivity index (χ2v) is 11.6. The van der Waals surface area contributed by atoms with Gasteiger partial charge in [0.1, 0.15) is 6.04 Å². The van der Waals surface area contributed by atoms with E-state index in [9.17, 15) is 32.3 Å². The molecule has 20 heteroatoms. The largest absolute Gasteiger partial charge is 0.467 e. The predicted molar refractivity (Wildman–Crippen MR) is 175 cm³/mol. The van der Waals surface area contributed by atoms with Crippen molar-refractivity contribution in [2.24, 2.45) is 7.05 Å². The molecule has 0 saturated heterocycles. The lowest BCUT2D eigenvalue weighted by molar-refractivity contribution is -0.154. The van der Waals surface area contributed by atoms with Crippen LogP contribution in [0.3, 0.4) is 0 Å². The summed E-state index contributed by atoms with van der Waals surface area (Å²) in [5.74, 6) is -3.79. The predicted octanol–water partition coefficient (Wildman–Crippen LogP) is 3.07. The molecule has 0 aliphatic heterocycles. The summed E-state index contributed by atoms with van der Waals surface area (Å²) in [5, 5.41) is 17.5. The number of nitrogens with zero attached hydrogens (tertiary/aromatic N) is 5. The zero-order valence-electron chi connectivity index (χ0n) is 26.9. The van der Waals surface area contributed by atoms with Crippen LogP contribution in [-0.2, 0) is 31.7 Å². The number of anilines is 4. The van der Waals surface area contributed by atoms with Gasteiger partial charge in [0.15, 0.2) is 12.4 Å². The highest BCUT2D eigenvalue weighted by molar-refractivity contribution is 6.39. The van der Waals surface area contributed by atoms with Crippen LogP contribution in [0.4, 0.5) is 36.6 Å². The number of carbonyl (C=O) groups excluding carboxylic acids is 4. The molecule has 0 unspecified atom stereocenters. The van der Waals surface area contributed by atoms with Crippen molar-refractivity contribution in [2.75, 3.05) is 36.2 Å². The molecule has 4 aromatic rings. The molecule has 2 heterocycles. The number of hydrogen-bond donors (Lipinski definition) is 5. The summed E-state index contributed by atoms with van der Waals surface area (Å²) in [4.78, 5) is 62.1. The fraction of sp³-hybridized carbons (Fsp3) is 0.290. The van der Waals surface area contributed by atoms with Crippen LogP contribution < -0.4 is 31.3 Å². The molecule has 5 N–H and O–H groups in total. The van der Waals surface area contributed by atoms with Crippen molar-refractivity contribution in [3.05, 3.63) is 76.9 Å². The van der Waals surface area contributed by atoms with Gasteiger partial charge in [-0.3, -0.25) is 19.1 Å². The Kier molecular flexibility index (Phi) is 10.9. The Morgan fingerprint density at radius 1 is 0.961 bits per heavy atom. The molecular weight excluding hydrogens is 701 g/mol. The van der Waals surface area contributed by atoms with Crippen molar-refractivity contribution in [3.63, 3.8) is 0 Å². The van der Waals surface area contributed by atoms with Gasteiger partial charge in [-0.1, -0.05) is 23.7 Å². The first kappa shape index (κ1) is 36.3. The molecule has 268 valence electrons. The van der Waals surface area contributed by atoms with E-state index in [1.54, 1.807) is 25.4 Å². The maximum absolute atomic E-state index is 13.0. The Hall–Kier alpha value is -5.98. The maximum Gasteiger partial charge on any atom is 0.422 e. The van der Waals surface area contributed by atoms with E-state index in [1.807, 2.05) is 12.1 Å². The number of rotatable bonds is 13. The summed E-state index contributed by atoms with van der Waals surface area (Å²) >= 11 is 6.02. The minimum atomic E-state index is -4.64. The van der Waals surface area contributed by atoms with Crippen LogP contribution in [0.25, 0.3) is 0 Å². The normalized spacial score (nSPS) is 13.7. The van der Waals surface area contributed by atoms with Gasteiger partial charge in [0.05, 0.1) is 12.6 Å². The molecule has 5 rings (SSSR count). The van der Waals surface area contributed by atoms with Crippen LogP contribution in [0.2, 0.25) is 5.02 Å². The zero-order valence-corrected chi connectivity index (χ0v) is 27.6. The van der Waals surface area contributed by atoms with Gasteiger partial charge in [-0.25, -0.2) is 4.79 Å². The third-order valence-corrected chi connectivity index (χ3v) is 7.55. The number of methoxy groups -OCH3 is 1. The van der Waals surface area contributed by atoms with Gasteiger partial charge < -0.3 is 36.1 Å². The molecule has 16 nitrogen and oxygen atoms in total. The molecule has 2 aromatic carbocycles. The standard InChI is InChI=1S/C31H30ClF3N10O6/c1-45-14-11-22(44-45)39-25(48)24(47)36-15-21(26(49)50-2)38-23(46)17-3-9-20(10-4-17)37-27-40-28(42-29(41-27)51-16-31(33,34)35)43-30(12-13-30)18-5-7-19(32)8-6-18/h3-11,14,21H,12-13,15-16H2,1-2H3,(H,36,47)(H,38,46)(H,39,44,48)(H2,37,40,41,42,43)/t21-/m0/s1. The number of ether oxygens (including phenoxy) is 2. The molecule has 1 aliphatic rings. The summed E-state index contributed by atoms with van der Waals surface area (Å²) in [6.45, 7) is -2.10. The third-order valence-electron chi connectivity index (χ3n) is 7.30. The molecule has 1 saturated carbocycles. The summed E-state index contributed by atoms with van der Waals surface area (Å²) in [7, 11) is 2.71. The lowest BCUT2D eigenvalue weighted by Gasteiger charge is -2.19. The number of amides is 3. The minimum Gasteiger partial charge on any atom is -0.467 e. The number of hydrogen-bond acceptors (Lipinski definition) is 12. The fourth-order valence-electron chi connectivity index (χ4n) is 4.61. The van der Waals surface area contributed by atoms with E-state index in [0.29, 0.717) is 23.6 Å². The van der Waals surface area contributed by atoms with Crippen LogP contribution in [0, 0.1) is 0 Å². The van der Waals surface area contributed by atoms with Crippen molar-refractivity contribution in [2.45, 2.75) is 30.6 Å². The van der Waals surface area contributed by atoms with E-state index in [4.69, 9.17) is 21.1 Å². The molecule has 1 fully saturated rings. The highest BCUT2D eigenvalue weighted by Crippen LogP contribution is 2.48. The number of carbonyl (C=O) groups is 4. The first-order chi connectivity index (χ1) is 24.2. The van der Waals surface area contributed by atoms with E-state index in [-0.39, 0.29) is 23.3 Å².